The van der Waals surface area contributed by atoms with Crippen molar-refractivity contribution < 1.29 is 24.3 Å². The zero-order chi connectivity index (χ0) is 18.4. The van der Waals surface area contributed by atoms with Gasteiger partial charge in [-0.05, 0) is 25.2 Å². The number of carbonyl (C=O) groups excluding carboxylic acids is 3. The molecule has 1 heterocycles. The van der Waals surface area contributed by atoms with E-state index in [-0.39, 0.29) is 18.8 Å². The molecule has 9 nitrogen and oxygen atoms in total. The van der Waals surface area contributed by atoms with Gasteiger partial charge < -0.3 is 26.8 Å². The zero-order valence-corrected chi connectivity index (χ0v) is 14.0. The lowest BCUT2D eigenvalue weighted by molar-refractivity contribution is -0.145. The number of carbonyl (C=O) groups is 4. The minimum absolute atomic E-state index is 0.00789. The molecule has 1 rings (SSSR count). The van der Waals surface area contributed by atoms with E-state index in [1.807, 2.05) is 0 Å². The van der Waals surface area contributed by atoms with Crippen molar-refractivity contribution in [1.29, 1.82) is 0 Å². The molecule has 0 radical (unpaired) electrons. The Morgan fingerprint density at radius 1 is 1.29 bits per heavy atom. The van der Waals surface area contributed by atoms with Crippen LogP contribution in [0, 0.1) is 5.92 Å². The molecule has 3 atom stereocenters. The molecule has 1 fully saturated rings. The van der Waals surface area contributed by atoms with Crippen molar-refractivity contribution in [3.63, 3.8) is 0 Å². The van der Waals surface area contributed by atoms with Gasteiger partial charge in [-0.15, -0.1) is 0 Å². The number of hydrogen-bond donors (Lipinski definition) is 4. The van der Waals surface area contributed by atoms with Gasteiger partial charge in [0.25, 0.3) is 0 Å². The molecule has 136 valence electrons. The average Bonchev–Trinajstić information content (AvgIpc) is 2.97. The van der Waals surface area contributed by atoms with Gasteiger partial charge in [0.15, 0.2) is 0 Å². The van der Waals surface area contributed by atoms with Gasteiger partial charge >= 0.3 is 5.97 Å². The van der Waals surface area contributed by atoms with E-state index < -0.39 is 41.8 Å². The van der Waals surface area contributed by atoms with Crippen LogP contribution in [0.4, 0.5) is 0 Å². The number of likely N-dealkylation sites (tertiary alicyclic amines) is 1. The summed E-state index contributed by atoms with van der Waals surface area (Å²) in [5.74, 6) is -2.87. The van der Waals surface area contributed by atoms with E-state index in [1.165, 1.54) is 4.90 Å². The molecule has 0 aromatic rings. The third kappa shape index (κ3) is 5.19. The lowest BCUT2D eigenvalue weighted by Gasteiger charge is -2.28. The van der Waals surface area contributed by atoms with Crippen molar-refractivity contribution in [3.8, 4) is 0 Å². The molecule has 1 aliphatic rings. The summed E-state index contributed by atoms with van der Waals surface area (Å²) in [6.45, 7) is 3.76. The lowest BCUT2D eigenvalue weighted by atomic mass is 10.0. The number of amides is 3. The minimum atomic E-state index is -1.12. The van der Waals surface area contributed by atoms with Crippen LogP contribution in [0.25, 0.3) is 0 Å². The van der Waals surface area contributed by atoms with E-state index in [0.29, 0.717) is 19.4 Å². The number of nitrogens with zero attached hydrogens (tertiary/aromatic N) is 1. The second-order valence-electron chi connectivity index (χ2n) is 6.37. The maximum atomic E-state index is 12.4. The number of aliphatic carboxylic acids is 1. The standard InChI is InChI=1S/C15H26N4O5/c1-8(2)12(15(23)24)18-13(21)10-4-3-7-19(10)14(22)9(16)5-6-11(17)20/h8-10,12H,3-7,16H2,1-2H3,(H2,17,20)(H,18,21)(H,23,24). The van der Waals surface area contributed by atoms with Gasteiger partial charge in [0, 0.05) is 13.0 Å². The summed E-state index contributed by atoms with van der Waals surface area (Å²) in [5, 5.41) is 11.6. The van der Waals surface area contributed by atoms with E-state index in [4.69, 9.17) is 16.6 Å². The summed E-state index contributed by atoms with van der Waals surface area (Å²) in [4.78, 5) is 48.1. The highest BCUT2D eigenvalue weighted by molar-refractivity contribution is 5.92. The number of hydrogen-bond acceptors (Lipinski definition) is 5. The molecule has 0 aliphatic carbocycles. The predicted molar refractivity (Wildman–Crippen MR) is 85.5 cm³/mol. The molecule has 3 amide bonds. The Bertz CT molecular complexity index is 508. The van der Waals surface area contributed by atoms with Crippen LogP contribution in [0.15, 0.2) is 0 Å². The summed E-state index contributed by atoms with van der Waals surface area (Å²) in [7, 11) is 0. The molecular weight excluding hydrogens is 316 g/mol. The number of nitrogens with two attached hydrogens (primary N) is 2. The first kappa shape index (κ1) is 19.9. The van der Waals surface area contributed by atoms with Crippen LogP contribution >= 0.6 is 0 Å². The molecule has 0 bridgehead atoms. The van der Waals surface area contributed by atoms with Gasteiger partial charge in [-0.2, -0.15) is 0 Å². The van der Waals surface area contributed by atoms with Crippen LogP contribution in [-0.4, -0.2) is 58.4 Å². The maximum Gasteiger partial charge on any atom is 0.326 e. The molecule has 1 saturated heterocycles. The van der Waals surface area contributed by atoms with Crippen LogP contribution in [0.5, 0.6) is 0 Å². The third-order valence-corrected chi connectivity index (χ3v) is 4.09. The first-order chi connectivity index (χ1) is 11.1. The van der Waals surface area contributed by atoms with Crippen molar-refractivity contribution in [2.75, 3.05) is 6.54 Å². The highest BCUT2D eigenvalue weighted by atomic mass is 16.4. The fourth-order valence-corrected chi connectivity index (χ4v) is 2.70. The number of carboxylic acids is 1. The predicted octanol–water partition coefficient (Wildman–Crippen LogP) is -1.20. The summed E-state index contributed by atoms with van der Waals surface area (Å²) < 4.78 is 0. The molecule has 0 spiro atoms. The first-order valence-electron chi connectivity index (χ1n) is 8.02. The summed E-state index contributed by atoms with van der Waals surface area (Å²) >= 11 is 0. The smallest absolute Gasteiger partial charge is 0.326 e. The Morgan fingerprint density at radius 3 is 2.42 bits per heavy atom. The minimum Gasteiger partial charge on any atom is -0.480 e. The van der Waals surface area contributed by atoms with Crippen molar-refractivity contribution in [2.45, 2.75) is 57.7 Å². The van der Waals surface area contributed by atoms with Crippen LogP contribution in [0.2, 0.25) is 0 Å². The molecule has 6 N–H and O–H groups in total. The molecule has 0 saturated carbocycles. The number of carboxylic acid groups (broad SMARTS) is 1. The van der Waals surface area contributed by atoms with Crippen LogP contribution in [-0.2, 0) is 19.2 Å². The Kier molecular flexibility index (Phi) is 7.15. The van der Waals surface area contributed by atoms with Gasteiger partial charge in [0.05, 0.1) is 6.04 Å². The highest BCUT2D eigenvalue weighted by Gasteiger charge is 2.37. The average molecular weight is 342 g/mol. The topological polar surface area (TPSA) is 156 Å². The quantitative estimate of drug-likeness (QED) is 0.434. The highest BCUT2D eigenvalue weighted by Crippen LogP contribution is 2.19. The Labute approximate surface area is 140 Å². The number of nitrogens with one attached hydrogen (secondary N) is 1. The van der Waals surface area contributed by atoms with E-state index in [9.17, 15) is 19.2 Å². The summed E-state index contributed by atoms with van der Waals surface area (Å²) in [5.41, 5.74) is 10.8. The molecule has 3 unspecified atom stereocenters. The molecule has 0 aromatic heterocycles. The molecule has 9 heteroatoms. The van der Waals surface area contributed by atoms with E-state index >= 15 is 0 Å². The fraction of sp³-hybridized carbons (Fsp3) is 0.733. The summed E-state index contributed by atoms with van der Waals surface area (Å²) in [6, 6.07) is -2.66. The molecule has 24 heavy (non-hydrogen) atoms. The van der Waals surface area contributed by atoms with Gasteiger partial charge in [-0.1, -0.05) is 13.8 Å². The van der Waals surface area contributed by atoms with Crippen LogP contribution < -0.4 is 16.8 Å². The van der Waals surface area contributed by atoms with Crippen molar-refractivity contribution >= 4 is 23.7 Å². The van der Waals surface area contributed by atoms with Gasteiger partial charge in [0.2, 0.25) is 17.7 Å². The summed E-state index contributed by atoms with van der Waals surface area (Å²) in [6.07, 6.45) is 1.19. The van der Waals surface area contributed by atoms with Crippen molar-refractivity contribution in [3.05, 3.63) is 0 Å². The van der Waals surface area contributed by atoms with Crippen LogP contribution in [0.3, 0.4) is 0 Å². The maximum absolute atomic E-state index is 12.4. The second-order valence-corrected chi connectivity index (χ2v) is 6.37. The Hall–Kier alpha value is -2.16. The number of rotatable bonds is 8. The van der Waals surface area contributed by atoms with E-state index in [1.54, 1.807) is 13.8 Å². The van der Waals surface area contributed by atoms with Gasteiger partial charge in [-0.25, -0.2) is 4.79 Å². The number of primary amides is 1. The van der Waals surface area contributed by atoms with Gasteiger partial charge in [0.1, 0.15) is 12.1 Å². The van der Waals surface area contributed by atoms with Gasteiger partial charge in [-0.3, -0.25) is 14.4 Å². The Balaban J connectivity index is 2.73. The third-order valence-electron chi connectivity index (χ3n) is 4.09. The second kappa shape index (κ2) is 8.62. The SMILES string of the molecule is CC(C)C(NC(=O)C1CCCN1C(=O)C(N)CCC(N)=O)C(=O)O. The first-order valence-corrected chi connectivity index (χ1v) is 8.02. The monoisotopic (exact) mass is 342 g/mol. The van der Waals surface area contributed by atoms with Crippen molar-refractivity contribution in [1.82, 2.24) is 10.2 Å². The van der Waals surface area contributed by atoms with Crippen LogP contribution in [0.1, 0.15) is 39.5 Å². The van der Waals surface area contributed by atoms with E-state index in [2.05, 4.69) is 5.32 Å². The fourth-order valence-electron chi connectivity index (χ4n) is 2.70. The normalized spacial score (nSPS) is 19.8. The largest absolute Gasteiger partial charge is 0.480 e. The van der Waals surface area contributed by atoms with Crippen molar-refractivity contribution in [2.24, 2.45) is 17.4 Å². The Morgan fingerprint density at radius 2 is 1.92 bits per heavy atom. The molecular formula is C15H26N4O5. The zero-order valence-electron chi connectivity index (χ0n) is 14.0. The lowest BCUT2D eigenvalue weighted by Crippen LogP contribution is -2.54. The molecule has 0 aromatic carbocycles. The van der Waals surface area contributed by atoms with E-state index in [0.717, 1.165) is 0 Å². The molecule has 1 aliphatic heterocycles.